The molecule has 16 heavy (non-hydrogen) atoms. The largest absolute Gasteiger partial charge is 0.394 e. The Labute approximate surface area is 99.0 Å². The molecule has 0 saturated carbocycles. The van der Waals surface area contributed by atoms with Crippen LogP contribution in [-0.4, -0.2) is 47.2 Å². The molecular weight excluding hydrogens is 204 g/mol. The van der Waals surface area contributed by atoms with Gasteiger partial charge < -0.3 is 10.0 Å². The first-order valence-electron chi connectivity index (χ1n) is 6.11. The fraction of sp³-hybridized carbons (Fsp3) is 0.917. The summed E-state index contributed by atoms with van der Waals surface area (Å²) in [5.41, 5.74) is -0.373. The van der Waals surface area contributed by atoms with Gasteiger partial charge in [-0.25, -0.2) is 0 Å². The van der Waals surface area contributed by atoms with E-state index in [1.807, 2.05) is 34.6 Å². The van der Waals surface area contributed by atoms with E-state index in [-0.39, 0.29) is 24.1 Å². The third-order valence-corrected chi connectivity index (χ3v) is 3.14. The van der Waals surface area contributed by atoms with Crippen molar-refractivity contribution in [2.45, 2.75) is 52.6 Å². The van der Waals surface area contributed by atoms with Crippen molar-refractivity contribution in [2.75, 3.05) is 19.7 Å². The van der Waals surface area contributed by atoms with Gasteiger partial charge in [-0.15, -0.1) is 0 Å². The van der Waals surface area contributed by atoms with Gasteiger partial charge in [0.15, 0.2) is 0 Å². The maximum Gasteiger partial charge on any atom is 0.239 e. The predicted molar refractivity (Wildman–Crippen MR) is 66.3 cm³/mol. The Morgan fingerprint density at radius 3 is 2.19 bits per heavy atom. The van der Waals surface area contributed by atoms with Crippen LogP contribution >= 0.6 is 0 Å². The Morgan fingerprint density at radius 1 is 1.38 bits per heavy atom. The zero-order valence-electron chi connectivity index (χ0n) is 11.2. The summed E-state index contributed by atoms with van der Waals surface area (Å²) in [4.78, 5) is 13.8. The number of nitrogens with one attached hydrogen (secondary N) is 1. The summed E-state index contributed by atoms with van der Waals surface area (Å²) >= 11 is 0. The molecule has 1 amide bonds. The smallest absolute Gasteiger partial charge is 0.239 e. The van der Waals surface area contributed by atoms with Crippen molar-refractivity contribution >= 4 is 5.91 Å². The van der Waals surface area contributed by atoms with E-state index in [9.17, 15) is 9.90 Å². The second-order valence-electron chi connectivity index (χ2n) is 4.45. The van der Waals surface area contributed by atoms with E-state index in [0.29, 0.717) is 0 Å². The number of likely N-dealkylation sites (N-methyl/N-ethyl adjacent to an activating group) is 1. The number of rotatable bonds is 7. The number of aliphatic hydroxyl groups excluding tert-OH is 1. The number of hydrogen-bond donors (Lipinski definition) is 2. The molecule has 2 unspecified atom stereocenters. The molecule has 0 heterocycles. The molecule has 0 aromatic carbocycles. The number of carbonyl (C=O) groups excluding carboxylic acids is 1. The van der Waals surface area contributed by atoms with Gasteiger partial charge in [0.05, 0.1) is 12.6 Å². The highest BCUT2D eigenvalue weighted by molar-refractivity contribution is 5.81. The van der Waals surface area contributed by atoms with Crippen molar-refractivity contribution in [1.29, 1.82) is 0 Å². The van der Waals surface area contributed by atoms with Gasteiger partial charge >= 0.3 is 0 Å². The molecule has 0 aromatic rings. The van der Waals surface area contributed by atoms with Crippen LogP contribution in [0.5, 0.6) is 0 Å². The van der Waals surface area contributed by atoms with Gasteiger partial charge in [0.25, 0.3) is 0 Å². The Balaban J connectivity index is 4.45. The molecule has 0 aliphatic carbocycles. The van der Waals surface area contributed by atoms with Crippen molar-refractivity contribution in [3.8, 4) is 0 Å². The van der Waals surface area contributed by atoms with Crippen molar-refractivity contribution in [2.24, 2.45) is 0 Å². The summed E-state index contributed by atoms with van der Waals surface area (Å²) in [7, 11) is 0. The van der Waals surface area contributed by atoms with Crippen LogP contribution in [0.15, 0.2) is 0 Å². The minimum Gasteiger partial charge on any atom is -0.394 e. The standard InChI is InChI=1S/C12H26N2O2/c1-6-12(5,9-15)13-10(4)11(16)14(7-2)8-3/h10,13,15H,6-9H2,1-5H3. The normalized spacial score (nSPS) is 16.6. The molecule has 0 aliphatic rings. The second-order valence-corrected chi connectivity index (χ2v) is 4.45. The Bertz CT molecular complexity index is 211. The van der Waals surface area contributed by atoms with E-state index in [2.05, 4.69) is 5.32 Å². The summed E-state index contributed by atoms with van der Waals surface area (Å²) in [5.74, 6) is 0.0955. The van der Waals surface area contributed by atoms with Gasteiger partial charge in [-0.3, -0.25) is 10.1 Å². The van der Waals surface area contributed by atoms with Crippen molar-refractivity contribution in [3.05, 3.63) is 0 Å². The van der Waals surface area contributed by atoms with Gasteiger partial charge in [0.2, 0.25) is 5.91 Å². The van der Waals surface area contributed by atoms with E-state index < -0.39 is 0 Å². The van der Waals surface area contributed by atoms with Gasteiger partial charge in [-0.05, 0) is 34.1 Å². The fourth-order valence-electron chi connectivity index (χ4n) is 1.65. The first-order valence-corrected chi connectivity index (χ1v) is 6.11. The molecule has 2 atom stereocenters. The summed E-state index contributed by atoms with van der Waals surface area (Å²) in [6.45, 7) is 11.2. The summed E-state index contributed by atoms with van der Waals surface area (Å²) in [5, 5.41) is 12.5. The molecule has 0 aromatic heterocycles. The number of aliphatic hydroxyl groups is 1. The predicted octanol–water partition coefficient (Wildman–Crippen LogP) is 0.994. The zero-order chi connectivity index (χ0) is 12.8. The first kappa shape index (κ1) is 15.4. The van der Waals surface area contributed by atoms with Crippen LogP contribution in [0.25, 0.3) is 0 Å². The van der Waals surface area contributed by atoms with Crippen molar-refractivity contribution in [3.63, 3.8) is 0 Å². The molecule has 0 radical (unpaired) electrons. The number of nitrogens with zero attached hydrogens (tertiary/aromatic N) is 1. The molecule has 0 bridgehead atoms. The molecule has 0 saturated heterocycles. The third-order valence-electron chi connectivity index (χ3n) is 3.14. The quantitative estimate of drug-likeness (QED) is 0.686. The SMILES string of the molecule is CCN(CC)C(=O)C(C)NC(C)(CC)CO. The van der Waals surface area contributed by atoms with Gasteiger partial charge in [-0.2, -0.15) is 0 Å². The third kappa shape index (κ3) is 4.10. The number of hydrogen-bond acceptors (Lipinski definition) is 3. The average molecular weight is 230 g/mol. The van der Waals surface area contributed by atoms with Gasteiger partial charge in [-0.1, -0.05) is 6.92 Å². The van der Waals surface area contributed by atoms with E-state index in [4.69, 9.17) is 0 Å². The minimum atomic E-state index is -0.373. The highest BCUT2D eigenvalue weighted by Gasteiger charge is 2.27. The molecule has 0 spiro atoms. The zero-order valence-corrected chi connectivity index (χ0v) is 11.2. The lowest BCUT2D eigenvalue weighted by molar-refractivity contribution is -0.133. The lowest BCUT2D eigenvalue weighted by Gasteiger charge is -2.32. The maximum absolute atomic E-state index is 12.0. The first-order chi connectivity index (χ1) is 7.44. The van der Waals surface area contributed by atoms with Crippen LogP contribution in [0.4, 0.5) is 0 Å². The van der Waals surface area contributed by atoms with Crippen LogP contribution in [0.3, 0.4) is 0 Å². The van der Waals surface area contributed by atoms with Crippen LogP contribution in [0.1, 0.15) is 41.0 Å². The number of carbonyl (C=O) groups is 1. The molecule has 4 heteroatoms. The van der Waals surface area contributed by atoms with E-state index in [1.54, 1.807) is 4.90 Å². The van der Waals surface area contributed by atoms with Crippen molar-refractivity contribution < 1.29 is 9.90 Å². The molecule has 0 fully saturated rings. The molecule has 0 aliphatic heterocycles. The highest BCUT2D eigenvalue weighted by Crippen LogP contribution is 2.10. The van der Waals surface area contributed by atoms with Crippen molar-refractivity contribution in [1.82, 2.24) is 10.2 Å². The highest BCUT2D eigenvalue weighted by atomic mass is 16.3. The van der Waals surface area contributed by atoms with E-state index >= 15 is 0 Å². The molecule has 96 valence electrons. The minimum absolute atomic E-state index is 0.0410. The molecule has 4 nitrogen and oxygen atoms in total. The summed E-state index contributed by atoms with van der Waals surface area (Å²) < 4.78 is 0. The second kappa shape index (κ2) is 6.86. The monoisotopic (exact) mass is 230 g/mol. The topological polar surface area (TPSA) is 52.6 Å². The summed E-state index contributed by atoms with van der Waals surface area (Å²) in [6.07, 6.45) is 0.791. The van der Waals surface area contributed by atoms with Gasteiger partial charge in [0.1, 0.15) is 0 Å². The van der Waals surface area contributed by atoms with Crippen LogP contribution < -0.4 is 5.32 Å². The van der Waals surface area contributed by atoms with E-state index in [0.717, 1.165) is 19.5 Å². The average Bonchev–Trinajstić information content (AvgIpc) is 2.30. The molecule has 2 N–H and O–H groups in total. The Morgan fingerprint density at radius 2 is 1.88 bits per heavy atom. The van der Waals surface area contributed by atoms with Gasteiger partial charge in [0, 0.05) is 18.6 Å². The molecule has 0 rings (SSSR count). The lowest BCUT2D eigenvalue weighted by atomic mass is 9.99. The number of amides is 1. The van der Waals surface area contributed by atoms with Crippen LogP contribution in [0.2, 0.25) is 0 Å². The summed E-state index contributed by atoms with van der Waals surface area (Å²) in [6, 6.07) is -0.253. The van der Waals surface area contributed by atoms with Crippen LogP contribution in [-0.2, 0) is 4.79 Å². The fourth-order valence-corrected chi connectivity index (χ4v) is 1.65. The van der Waals surface area contributed by atoms with E-state index in [1.165, 1.54) is 0 Å². The Hall–Kier alpha value is -0.610. The Kier molecular flexibility index (Phi) is 6.60. The maximum atomic E-state index is 12.0. The molecular formula is C12H26N2O2. The lowest BCUT2D eigenvalue weighted by Crippen LogP contribution is -2.55. The van der Waals surface area contributed by atoms with Crippen LogP contribution in [0, 0.1) is 0 Å².